The van der Waals surface area contributed by atoms with Crippen molar-refractivity contribution >= 4 is 17.6 Å². The van der Waals surface area contributed by atoms with E-state index in [1.54, 1.807) is 0 Å². The lowest BCUT2D eigenvalue weighted by Gasteiger charge is -2.27. The fourth-order valence-corrected chi connectivity index (χ4v) is 2.80. The van der Waals surface area contributed by atoms with E-state index in [0.29, 0.717) is 11.7 Å². The van der Waals surface area contributed by atoms with Gasteiger partial charge in [-0.2, -0.15) is 0 Å². The quantitative estimate of drug-likeness (QED) is 0.911. The second kappa shape index (κ2) is 5.65. The number of aromatic carboxylic acids is 1. The topological polar surface area (TPSA) is 63.1 Å². The standard InChI is InChI=1S/C13H17ClN2O2/c1-2-8-4-3-5-9(6-8)12-15-7-10(14)11(16-12)13(17)18/h7-9H,2-6H2,1H3,(H,17,18). The monoisotopic (exact) mass is 268 g/mol. The zero-order valence-corrected chi connectivity index (χ0v) is 11.2. The van der Waals surface area contributed by atoms with Gasteiger partial charge in [-0.25, -0.2) is 14.8 Å². The molecule has 0 radical (unpaired) electrons. The molecular formula is C13H17ClN2O2. The maximum Gasteiger partial charge on any atom is 0.356 e. The number of carbonyl (C=O) groups is 1. The average Bonchev–Trinajstić information content (AvgIpc) is 2.39. The van der Waals surface area contributed by atoms with Crippen molar-refractivity contribution in [2.45, 2.75) is 44.9 Å². The van der Waals surface area contributed by atoms with Crippen LogP contribution in [0.1, 0.15) is 61.3 Å². The van der Waals surface area contributed by atoms with Gasteiger partial charge in [0.15, 0.2) is 5.69 Å². The van der Waals surface area contributed by atoms with Gasteiger partial charge in [-0.1, -0.05) is 37.8 Å². The normalized spacial score (nSPS) is 23.9. The Kier molecular flexibility index (Phi) is 4.17. The zero-order valence-electron chi connectivity index (χ0n) is 10.4. The van der Waals surface area contributed by atoms with E-state index in [1.807, 2.05) is 0 Å². The fraction of sp³-hybridized carbons (Fsp3) is 0.615. The van der Waals surface area contributed by atoms with E-state index in [2.05, 4.69) is 16.9 Å². The molecule has 5 heteroatoms. The third-order valence-corrected chi connectivity index (χ3v) is 3.97. The van der Waals surface area contributed by atoms with Gasteiger partial charge >= 0.3 is 5.97 Å². The number of hydrogen-bond donors (Lipinski definition) is 1. The van der Waals surface area contributed by atoms with E-state index in [1.165, 1.54) is 12.6 Å². The summed E-state index contributed by atoms with van der Waals surface area (Å²) in [5, 5.41) is 9.12. The SMILES string of the molecule is CCC1CCCC(c2ncc(Cl)c(C(=O)O)n2)C1. The molecule has 1 aliphatic rings. The van der Waals surface area contributed by atoms with Crippen molar-refractivity contribution in [3.63, 3.8) is 0 Å². The minimum Gasteiger partial charge on any atom is -0.476 e. The van der Waals surface area contributed by atoms with E-state index in [0.717, 1.165) is 25.7 Å². The van der Waals surface area contributed by atoms with Gasteiger partial charge in [-0.05, 0) is 18.8 Å². The molecule has 0 aromatic carbocycles. The minimum absolute atomic E-state index is 0.0831. The van der Waals surface area contributed by atoms with Gasteiger partial charge in [-0.3, -0.25) is 0 Å². The number of nitrogens with zero attached hydrogens (tertiary/aromatic N) is 2. The van der Waals surface area contributed by atoms with Crippen molar-refractivity contribution in [3.05, 3.63) is 22.7 Å². The molecule has 0 amide bonds. The molecule has 2 atom stereocenters. The van der Waals surface area contributed by atoms with Crippen molar-refractivity contribution in [3.8, 4) is 0 Å². The lowest BCUT2D eigenvalue weighted by Crippen LogP contribution is -2.17. The fourth-order valence-electron chi connectivity index (χ4n) is 2.62. The van der Waals surface area contributed by atoms with Gasteiger partial charge in [0, 0.05) is 5.92 Å². The highest BCUT2D eigenvalue weighted by Crippen LogP contribution is 2.36. The van der Waals surface area contributed by atoms with Crippen LogP contribution in [0.4, 0.5) is 0 Å². The number of rotatable bonds is 3. The first-order valence-electron chi connectivity index (χ1n) is 6.37. The molecule has 1 saturated carbocycles. The highest BCUT2D eigenvalue weighted by molar-refractivity contribution is 6.33. The van der Waals surface area contributed by atoms with E-state index in [-0.39, 0.29) is 16.6 Å². The zero-order chi connectivity index (χ0) is 13.1. The van der Waals surface area contributed by atoms with Crippen molar-refractivity contribution in [1.82, 2.24) is 9.97 Å². The van der Waals surface area contributed by atoms with E-state index in [9.17, 15) is 4.79 Å². The first kappa shape index (κ1) is 13.3. The largest absolute Gasteiger partial charge is 0.476 e. The number of aromatic nitrogens is 2. The summed E-state index contributed by atoms with van der Waals surface area (Å²) in [5.74, 6) is 0.525. The molecule has 0 spiro atoms. The Morgan fingerprint density at radius 1 is 1.56 bits per heavy atom. The van der Waals surface area contributed by atoms with Crippen LogP contribution in [0.5, 0.6) is 0 Å². The van der Waals surface area contributed by atoms with Crippen molar-refractivity contribution < 1.29 is 9.90 Å². The van der Waals surface area contributed by atoms with Crippen molar-refractivity contribution in [2.75, 3.05) is 0 Å². The summed E-state index contributed by atoms with van der Waals surface area (Å²) in [4.78, 5) is 19.3. The van der Waals surface area contributed by atoms with Gasteiger partial charge in [0.05, 0.1) is 11.2 Å². The summed E-state index contributed by atoms with van der Waals surface area (Å²) in [5.41, 5.74) is -0.0831. The third kappa shape index (κ3) is 2.80. The highest BCUT2D eigenvalue weighted by Gasteiger charge is 2.25. The first-order chi connectivity index (χ1) is 8.61. The van der Waals surface area contributed by atoms with Gasteiger partial charge in [0.2, 0.25) is 0 Å². The first-order valence-corrected chi connectivity index (χ1v) is 6.75. The molecule has 0 saturated heterocycles. The molecule has 4 nitrogen and oxygen atoms in total. The lowest BCUT2D eigenvalue weighted by molar-refractivity contribution is 0.0690. The van der Waals surface area contributed by atoms with E-state index < -0.39 is 5.97 Å². The van der Waals surface area contributed by atoms with Crippen LogP contribution < -0.4 is 0 Å². The van der Waals surface area contributed by atoms with Crippen LogP contribution in [-0.4, -0.2) is 21.0 Å². The highest BCUT2D eigenvalue weighted by atomic mass is 35.5. The summed E-state index contributed by atoms with van der Waals surface area (Å²) >= 11 is 5.78. The Morgan fingerprint density at radius 2 is 2.33 bits per heavy atom. The molecule has 0 bridgehead atoms. The molecule has 18 heavy (non-hydrogen) atoms. The molecular weight excluding hydrogens is 252 g/mol. The van der Waals surface area contributed by atoms with Crippen LogP contribution >= 0.6 is 11.6 Å². The Balaban J connectivity index is 2.22. The maximum absolute atomic E-state index is 11.0. The summed E-state index contributed by atoms with van der Waals surface area (Å²) in [6, 6.07) is 0. The molecule has 1 aromatic heterocycles. The van der Waals surface area contributed by atoms with Gasteiger partial charge in [-0.15, -0.1) is 0 Å². The molecule has 2 unspecified atom stereocenters. The van der Waals surface area contributed by atoms with Crippen LogP contribution in [0.2, 0.25) is 5.02 Å². The summed E-state index contributed by atoms with van der Waals surface area (Å²) in [6.07, 6.45) is 7.08. The number of hydrogen-bond acceptors (Lipinski definition) is 3. The van der Waals surface area contributed by atoms with Crippen LogP contribution in [-0.2, 0) is 0 Å². The average molecular weight is 269 g/mol. The minimum atomic E-state index is -1.09. The second-order valence-electron chi connectivity index (χ2n) is 4.87. The Labute approximate surface area is 111 Å². The smallest absolute Gasteiger partial charge is 0.356 e. The second-order valence-corrected chi connectivity index (χ2v) is 5.27. The maximum atomic E-state index is 11.0. The predicted molar refractivity (Wildman–Crippen MR) is 69.0 cm³/mol. The summed E-state index contributed by atoms with van der Waals surface area (Å²) in [7, 11) is 0. The Bertz CT molecular complexity index is 451. The van der Waals surface area contributed by atoms with Gasteiger partial charge < -0.3 is 5.11 Å². The number of carboxylic acid groups (broad SMARTS) is 1. The molecule has 1 heterocycles. The third-order valence-electron chi connectivity index (χ3n) is 3.69. The molecule has 98 valence electrons. The van der Waals surface area contributed by atoms with Crippen LogP contribution in [0.15, 0.2) is 6.20 Å². The molecule has 1 aliphatic carbocycles. The van der Waals surface area contributed by atoms with E-state index in [4.69, 9.17) is 16.7 Å². The number of halogens is 1. The molecule has 0 aliphatic heterocycles. The Hall–Kier alpha value is -1.16. The van der Waals surface area contributed by atoms with Gasteiger partial charge in [0.25, 0.3) is 0 Å². The molecule has 1 N–H and O–H groups in total. The summed E-state index contributed by atoms with van der Waals surface area (Å²) in [6.45, 7) is 2.19. The molecule has 1 fully saturated rings. The van der Waals surface area contributed by atoms with Gasteiger partial charge in [0.1, 0.15) is 5.82 Å². The van der Waals surface area contributed by atoms with Crippen LogP contribution in [0.3, 0.4) is 0 Å². The Morgan fingerprint density at radius 3 is 3.00 bits per heavy atom. The molecule has 2 rings (SSSR count). The van der Waals surface area contributed by atoms with Crippen LogP contribution in [0.25, 0.3) is 0 Å². The van der Waals surface area contributed by atoms with Crippen molar-refractivity contribution in [2.24, 2.45) is 5.92 Å². The summed E-state index contributed by atoms with van der Waals surface area (Å²) < 4.78 is 0. The lowest BCUT2D eigenvalue weighted by atomic mass is 9.80. The van der Waals surface area contributed by atoms with Crippen LogP contribution in [0, 0.1) is 5.92 Å². The molecule has 1 aromatic rings. The predicted octanol–water partition coefficient (Wildman–Crippen LogP) is 3.51. The number of carboxylic acids is 1. The van der Waals surface area contributed by atoms with Crippen molar-refractivity contribution in [1.29, 1.82) is 0 Å². The van der Waals surface area contributed by atoms with E-state index >= 15 is 0 Å².